The lowest BCUT2D eigenvalue weighted by molar-refractivity contribution is 0.0459. The molecule has 2 N–H and O–H groups in total. The summed E-state index contributed by atoms with van der Waals surface area (Å²) in [4.78, 5) is 0. The molecule has 0 saturated carbocycles. The van der Waals surface area contributed by atoms with Crippen molar-refractivity contribution >= 4 is 12.6 Å². The van der Waals surface area contributed by atoms with Gasteiger partial charge in [0.2, 0.25) is 0 Å². The van der Waals surface area contributed by atoms with Gasteiger partial charge in [-0.15, -0.1) is 0 Å². The molecular weight excluding hydrogens is 275 g/mol. The third-order valence-corrected chi connectivity index (χ3v) is 2.66. The number of hydrogen-bond donors (Lipinski definition) is 2. The highest BCUT2D eigenvalue weighted by Gasteiger charge is 2.10. The first-order chi connectivity index (χ1) is 10.2. The lowest BCUT2D eigenvalue weighted by Crippen LogP contribution is -2.29. The molecule has 0 bridgehead atoms. The maximum atomic E-state index is 9.05. The third-order valence-electron chi connectivity index (χ3n) is 2.66. The Morgan fingerprint density at radius 1 is 0.952 bits per heavy atom. The van der Waals surface area contributed by atoms with E-state index in [1.54, 1.807) is 31.4 Å². The minimum atomic E-state index is -1.48. The van der Waals surface area contributed by atoms with Crippen LogP contribution in [0.3, 0.4) is 0 Å². The second-order valence-electron chi connectivity index (χ2n) is 4.37. The second-order valence-corrected chi connectivity index (χ2v) is 4.37. The van der Waals surface area contributed by atoms with Gasteiger partial charge in [0.15, 0.2) is 0 Å². The molecule has 7 heteroatoms. The molecule has 1 rings (SSSR count). The normalized spacial score (nSPS) is 10.6. The van der Waals surface area contributed by atoms with Gasteiger partial charge in [0.1, 0.15) is 12.4 Å². The van der Waals surface area contributed by atoms with Crippen LogP contribution in [0.1, 0.15) is 6.42 Å². The molecule has 21 heavy (non-hydrogen) atoms. The van der Waals surface area contributed by atoms with Crippen molar-refractivity contribution in [1.29, 1.82) is 0 Å². The first-order valence-electron chi connectivity index (χ1n) is 6.97. The first-order valence-corrected chi connectivity index (χ1v) is 6.97. The number of benzene rings is 1. The summed E-state index contributed by atoms with van der Waals surface area (Å²) in [5, 5.41) is 18.1. The Morgan fingerprint density at radius 2 is 1.67 bits per heavy atom. The van der Waals surface area contributed by atoms with E-state index in [9.17, 15) is 0 Å². The van der Waals surface area contributed by atoms with Gasteiger partial charge in [0, 0.05) is 20.3 Å². The molecule has 0 heterocycles. The van der Waals surface area contributed by atoms with Gasteiger partial charge in [-0.05, 0) is 24.0 Å². The lowest BCUT2D eigenvalue weighted by atomic mass is 9.80. The quantitative estimate of drug-likeness (QED) is 0.411. The highest BCUT2D eigenvalue weighted by atomic mass is 16.5. The molecule has 0 aromatic heterocycles. The molecule has 0 aliphatic carbocycles. The topological polar surface area (TPSA) is 77.4 Å². The van der Waals surface area contributed by atoms with Gasteiger partial charge in [-0.25, -0.2) is 0 Å². The SMILES string of the molecule is COCCOCCCOCCOc1cccc(B(O)O)c1. The van der Waals surface area contributed by atoms with Gasteiger partial charge < -0.3 is 29.0 Å². The summed E-state index contributed by atoms with van der Waals surface area (Å²) in [6.07, 6.45) is 0.829. The molecule has 0 unspecified atom stereocenters. The fraction of sp³-hybridized carbons (Fsp3) is 0.571. The molecule has 6 nitrogen and oxygen atoms in total. The Kier molecular flexibility index (Phi) is 9.85. The van der Waals surface area contributed by atoms with E-state index in [2.05, 4.69) is 0 Å². The summed E-state index contributed by atoms with van der Waals surface area (Å²) in [7, 11) is 0.159. The van der Waals surface area contributed by atoms with Crippen molar-refractivity contribution in [1.82, 2.24) is 0 Å². The average molecular weight is 298 g/mol. The van der Waals surface area contributed by atoms with Gasteiger partial charge in [-0.3, -0.25) is 0 Å². The Morgan fingerprint density at radius 3 is 2.33 bits per heavy atom. The standard InChI is InChI=1S/C14H23BO6/c1-18-8-9-19-6-3-7-20-10-11-21-14-5-2-4-13(12-14)15(16)17/h2,4-5,12,16-17H,3,6-11H2,1H3. The molecule has 118 valence electrons. The third kappa shape index (κ3) is 8.69. The number of hydrogen-bond acceptors (Lipinski definition) is 6. The molecule has 0 fully saturated rings. The van der Waals surface area contributed by atoms with Gasteiger partial charge in [0.05, 0.1) is 19.8 Å². The Balaban J connectivity index is 2.00. The Bertz CT molecular complexity index is 374. The molecule has 0 saturated heterocycles. The highest BCUT2D eigenvalue weighted by Crippen LogP contribution is 2.07. The zero-order valence-corrected chi connectivity index (χ0v) is 12.4. The minimum absolute atomic E-state index is 0.404. The van der Waals surface area contributed by atoms with Crippen LogP contribution in [0, 0.1) is 0 Å². The average Bonchev–Trinajstić information content (AvgIpc) is 2.49. The predicted octanol–water partition coefficient (Wildman–Crippen LogP) is -0.185. The first kappa shape index (κ1) is 17.9. The molecular formula is C14H23BO6. The summed E-state index contributed by atoms with van der Waals surface area (Å²) in [6, 6.07) is 6.68. The van der Waals surface area contributed by atoms with Crippen LogP contribution in [0.4, 0.5) is 0 Å². The molecule has 0 atom stereocenters. The number of rotatable bonds is 12. The molecule has 1 aromatic rings. The van der Waals surface area contributed by atoms with Crippen LogP contribution in [0.15, 0.2) is 24.3 Å². The number of ether oxygens (including phenoxy) is 4. The van der Waals surface area contributed by atoms with Crippen molar-refractivity contribution in [2.75, 3.05) is 46.8 Å². The lowest BCUT2D eigenvalue weighted by Gasteiger charge is -2.08. The van der Waals surface area contributed by atoms with Crippen molar-refractivity contribution in [3.63, 3.8) is 0 Å². The van der Waals surface area contributed by atoms with E-state index in [-0.39, 0.29) is 0 Å². The summed E-state index contributed by atoms with van der Waals surface area (Å²) in [5.74, 6) is 0.590. The van der Waals surface area contributed by atoms with Crippen LogP contribution < -0.4 is 10.2 Å². The van der Waals surface area contributed by atoms with E-state index < -0.39 is 7.12 Å². The van der Waals surface area contributed by atoms with Crippen LogP contribution >= 0.6 is 0 Å². The molecule has 0 amide bonds. The van der Waals surface area contributed by atoms with E-state index in [0.717, 1.165) is 6.42 Å². The summed E-state index contributed by atoms with van der Waals surface area (Å²) in [5.41, 5.74) is 0.404. The molecule has 0 radical (unpaired) electrons. The van der Waals surface area contributed by atoms with Crippen molar-refractivity contribution in [2.45, 2.75) is 6.42 Å². The van der Waals surface area contributed by atoms with Crippen molar-refractivity contribution in [2.24, 2.45) is 0 Å². The van der Waals surface area contributed by atoms with Crippen LogP contribution in [-0.2, 0) is 14.2 Å². The fourth-order valence-electron chi connectivity index (χ4n) is 1.59. The zero-order chi connectivity index (χ0) is 15.3. The minimum Gasteiger partial charge on any atom is -0.491 e. The van der Waals surface area contributed by atoms with Crippen LogP contribution in [0.5, 0.6) is 5.75 Å². The van der Waals surface area contributed by atoms with Crippen LogP contribution in [-0.4, -0.2) is 63.9 Å². The van der Waals surface area contributed by atoms with E-state index >= 15 is 0 Å². The van der Waals surface area contributed by atoms with Crippen molar-refractivity contribution in [3.8, 4) is 5.75 Å². The summed E-state index contributed by atoms with van der Waals surface area (Å²) in [6.45, 7) is 3.37. The maximum Gasteiger partial charge on any atom is 0.488 e. The zero-order valence-electron chi connectivity index (χ0n) is 12.4. The summed E-state index contributed by atoms with van der Waals surface area (Å²) < 4.78 is 21.0. The smallest absolute Gasteiger partial charge is 0.488 e. The van der Waals surface area contributed by atoms with Gasteiger partial charge in [-0.2, -0.15) is 0 Å². The van der Waals surface area contributed by atoms with E-state index in [4.69, 9.17) is 29.0 Å². The molecule has 0 spiro atoms. The molecule has 0 aliphatic heterocycles. The fourth-order valence-corrected chi connectivity index (χ4v) is 1.59. The van der Waals surface area contributed by atoms with Gasteiger partial charge in [0.25, 0.3) is 0 Å². The monoisotopic (exact) mass is 298 g/mol. The summed E-state index contributed by atoms with van der Waals surface area (Å²) >= 11 is 0. The maximum absolute atomic E-state index is 9.05. The predicted molar refractivity (Wildman–Crippen MR) is 79.9 cm³/mol. The number of methoxy groups -OCH3 is 1. The van der Waals surface area contributed by atoms with Crippen LogP contribution in [0.2, 0.25) is 0 Å². The van der Waals surface area contributed by atoms with Gasteiger partial charge >= 0.3 is 7.12 Å². The van der Waals surface area contributed by atoms with Crippen molar-refractivity contribution < 1.29 is 29.0 Å². The largest absolute Gasteiger partial charge is 0.491 e. The molecule has 1 aromatic carbocycles. The van der Waals surface area contributed by atoms with Crippen molar-refractivity contribution in [3.05, 3.63) is 24.3 Å². The Labute approximate surface area is 125 Å². The van der Waals surface area contributed by atoms with Gasteiger partial charge in [-0.1, -0.05) is 12.1 Å². The second kappa shape index (κ2) is 11.5. The highest BCUT2D eigenvalue weighted by molar-refractivity contribution is 6.58. The van der Waals surface area contributed by atoms with Crippen LogP contribution in [0.25, 0.3) is 0 Å². The van der Waals surface area contributed by atoms with E-state index in [1.807, 2.05) is 0 Å². The molecule has 0 aliphatic rings. The Hall–Kier alpha value is -1.12. The van der Waals surface area contributed by atoms with E-state index in [1.165, 1.54) is 0 Å². The van der Waals surface area contributed by atoms with E-state index in [0.29, 0.717) is 50.9 Å².